The molecule has 0 aromatic heterocycles. The molecule has 0 aliphatic carbocycles. The highest BCUT2D eigenvalue weighted by atomic mass is 16.5. The van der Waals surface area contributed by atoms with Gasteiger partial charge in [0.1, 0.15) is 11.5 Å². The fraction of sp³-hybridized carbons (Fsp3) is 0.188. The van der Waals surface area contributed by atoms with Crippen molar-refractivity contribution < 1.29 is 9.53 Å². The molecule has 0 aliphatic heterocycles. The molecule has 0 bridgehead atoms. The molecule has 2 N–H and O–H groups in total. The Bertz CT molecular complexity index is 555. The third-order valence-electron chi connectivity index (χ3n) is 2.63. The van der Waals surface area contributed by atoms with Gasteiger partial charge in [0.15, 0.2) is 0 Å². The molecule has 4 nitrogen and oxygen atoms in total. The van der Waals surface area contributed by atoms with Crippen LogP contribution in [0.25, 0.3) is 0 Å². The fourth-order valence-corrected chi connectivity index (χ4v) is 1.71. The molecule has 20 heavy (non-hydrogen) atoms. The minimum atomic E-state index is -0.0660. The lowest BCUT2D eigenvalue weighted by Gasteiger charge is -2.09. The highest BCUT2D eigenvalue weighted by Crippen LogP contribution is 2.23. The van der Waals surface area contributed by atoms with Crippen molar-refractivity contribution in [3.05, 3.63) is 54.6 Å². The number of para-hydroxylation sites is 1. The predicted octanol–water partition coefficient (Wildman–Crippen LogP) is 3.03. The number of rotatable bonds is 6. The second-order valence-corrected chi connectivity index (χ2v) is 4.27. The number of ether oxygens (including phenoxy) is 1. The average Bonchev–Trinajstić information content (AvgIpc) is 2.46. The zero-order valence-corrected chi connectivity index (χ0v) is 11.4. The van der Waals surface area contributed by atoms with Gasteiger partial charge in [0.2, 0.25) is 5.91 Å². The number of anilines is 1. The van der Waals surface area contributed by atoms with Gasteiger partial charge in [-0.25, -0.2) is 0 Å². The quantitative estimate of drug-likeness (QED) is 0.848. The van der Waals surface area contributed by atoms with Gasteiger partial charge in [-0.1, -0.05) is 31.2 Å². The van der Waals surface area contributed by atoms with E-state index in [9.17, 15) is 4.79 Å². The van der Waals surface area contributed by atoms with E-state index in [0.29, 0.717) is 12.3 Å². The van der Waals surface area contributed by atoms with E-state index in [1.165, 1.54) is 0 Å². The number of hydrogen-bond acceptors (Lipinski definition) is 3. The van der Waals surface area contributed by atoms with Crippen molar-refractivity contribution in [3.8, 4) is 11.5 Å². The van der Waals surface area contributed by atoms with E-state index in [1.54, 1.807) is 6.07 Å². The van der Waals surface area contributed by atoms with Gasteiger partial charge in [-0.05, 0) is 30.8 Å². The third kappa shape index (κ3) is 4.40. The number of carbonyl (C=O) groups is 1. The first kappa shape index (κ1) is 14.1. The van der Waals surface area contributed by atoms with Crippen LogP contribution >= 0.6 is 0 Å². The Labute approximate surface area is 118 Å². The van der Waals surface area contributed by atoms with Crippen LogP contribution in [-0.4, -0.2) is 19.0 Å². The zero-order chi connectivity index (χ0) is 14.2. The lowest BCUT2D eigenvalue weighted by atomic mass is 10.3. The lowest BCUT2D eigenvalue weighted by molar-refractivity contribution is -0.115. The summed E-state index contributed by atoms with van der Waals surface area (Å²) in [4.78, 5) is 11.6. The molecule has 0 saturated carbocycles. The molecule has 2 rings (SSSR count). The summed E-state index contributed by atoms with van der Waals surface area (Å²) >= 11 is 0. The van der Waals surface area contributed by atoms with E-state index >= 15 is 0 Å². The number of amides is 1. The Morgan fingerprint density at radius 2 is 1.80 bits per heavy atom. The first-order valence-corrected chi connectivity index (χ1v) is 6.61. The van der Waals surface area contributed by atoms with Gasteiger partial charge in [-0.3, -0.25) is 4.79 Å². The number of likely N-dealkylation sites (N-methyl/N-ethyl adjacent to an activating group) is 1. The number of nitrogens with one attached hydrogen (secondary N) is 2. The molecule has 4 heteroatoms. The van der Waals surface area contributed by atoms with Gasteiger partial charge < -0.3 is 15.4 Å². The first-order chi connectivity index (χ1) is 9.78. The molecule has 0 aliphatic rings. The van der Waals surface area contributed by atoms with Crippen molar-refractivity contribution in [3.63, 3.8) is 0 Å². The molecule has 0 atom stereocenters. The van der Waals surface area contributed by atoms with E-state index in [-0.39, 0.29) is 5.91 Å². The summed E-state index contributed by atoms with van der Waals surface area (Å²) in [6.45, 7) is 3.03. The molecule has 0 saturated heterocycles. The molecule has 0 heterocycles. The second-order valence-electron chi connectivity index (χ2n) is 4.27. The van der Waals surface area contributed by atoms with E-state index in [2.05, 4.69) is 10.6 Å². The summed E-state index contributed by atoms with van der Waals surface area (Å²) in [7, 11) is 0. The van der Waals surface area contributed by atoms with Crippen molar-refractivity contribution in [2.75, 3.05) is 18.4 Å². The van der Waals surface area contributed by atoms with Crippen molar-refractivity contribution >= 4 is 11.6 Å². The van der Waals surface area contributed by atoms with Crippen LogP contribution in [0.4, 0.5) is 5.69 Å². The molecule has 0 unspecified atom stereocenters. The summed E-state index contributed by atoms with van der Waals surface area (Å²) in [6, 6.07) is 16.9. The van der Waals surface area contributed by atoms with Gasteiger partial charge in [-0.15, -0.1) is 0 Å². The Morgan fingerprint density at radius 1 is 1.05 bits per heavy atom. The smallest absolute Gasteiger partial charge is 0.238 e. The Hall–Kier alpha value is -2.33. The Morgan fingerprint density at radius 3 is 2.55 bits per heavy atom. The maximum atomic E-state index is 11.6. The Kier molecular flexibility index (Phi) is 5.15. The zero-order valence-electron chi connectivity index (χ0n) is 11.4. The molecular formula is C16H18N2O2. The van der Waals surface area contributed by atoms with Crippen LogP contribution in [0.1, 0.15) is 6.92 Å². The second kappa shape index (κ2) is 7.31. The molecule has 0 radical (unpaired) electrons. The minimum absolute atomic E-state index is 0.0660. The summed E-state index contributed by atoms with van der Waals surface area (Å²) in [5, 5.41) is 5.80. The summed E-state index contributed by atoms with van der Waals surface area (Å²) in [5.74, 6) is 1.39. The normalized spacial score (nSPS) is 10.1. The van der Waals surface area contributed by atoms with Crippen molar-refractivity contribution in [2.24, 2.45) is 0 Å². The molecule has 2 aromatic carbocycles. The van der Waals surface area contributed by atoms with Crippen LogP contribution < -0.4 is 15.4 Å². The Balaban J connectivity index is 1.99. The van der Waals surface area contributed by atoms with Gasteiger partial charge in [0.05, 0.1) is 6.54 Å². The van der Waals surface area contributed by atoms with Gasteiger partial charge in [0.25, 0.3) is 0 Å². The van der Waals surface area contributed by atoms with E-state index in [1.807, 2.05) is 55.5 Å². The average molecular weight is 270 g/mol. The molecular weight excluding hydrogens is 252 g/mol. The van der Waals surface area contributed by atoms with E-state index in [4.69, 9.17) is 4.74 Å². The fourth-order valence-electron chi connectivity index (χ4n) is 1.71. The summed E-state index contributed by atoms with van der Waals surface area (Å²) in [5.41, 5.74) is 0.723. The van der Waals surface area contributed by atoms with Crippen LogP contribution in [0.2, 0.25) is 0 Å². The van der Waals surface area contributed by atoms with Crippen molar-refractivity contribution in [2.45, 2.75) is 6.92 Å². The maximum absolute atomic E-state index is 11.6. The topological polar surface area (TPSA) is 50.4 Å². The molecule has 104 valence electrons. The van der Waals surface area contributed by atoms with Gasteiger partial charge >= 0.3 is 0 Å². The molecule has 1 amide bonds. The van der Waals surface area contributed by atoms with Crippen LogP contribution in [0.3, 0.4) is 0 Å². The van der Waals surface area contributed by atoms with Crippen LogP contribution in [0.5, 0.6) is 11.5 Å². The molecule has 2 aromatic rings. The van der Waals surface area contributed by atoms with Crippen molar-refractivity contribution in [1.82, 2.24) is 5.32 Å². The SMILES string of the molecule is CCNCC(=O)Nc1cccc(Oc2ccccc2)c1. The molecule has 0 spiro atoms. The van der Waals surface area contributed by atoms with Gasteiger partial charge in [0, 0.05) is 11.8 Å². The van der Waals surface area contributed by atoms with Crippen molar-refractivity contribution in [1.29, 1.82) is 0 Å². The highest BCUT2D eigenvalue weighted by molar-refractivity contribution is 5.92. The summed E-state index contributed by atoms with van der Waals surface area (Å²) in [6.07, 6.45) is 0. The number of carbonyl (C=O) groups excluding carboxylic acids is 1. The van der Waals surface area contributed by atoms with E-state index in [0.717, 1.165) is 18.0 Å². The standard InChI is InChI=1S/C16H18N2O2/c1-2-17-12-16(19)18-13-7-6-10-15(11-13)20-14-8-4-3-5-9-14/h3-11,17H,2,12H2,1H3,(H,18,19). The number of hydrogen-bond donors (Lipinski definition) is 2. The largest absolute Gasteiger partial charge is 0.457 e. The van der Waals surface area contributed by atoms with Crippen LogP contribution in [0, 0.1) is 0 Å². The lowest BCUT2D eigenvalue weighted by Crippen LogP contribution is -2.27. The highest BCUT2D eigenvalue weighted by Gasteiger charge is 2.03. The maximum Gasteiger partial charge on any atom is 0.238 e. The third-order valence-corrected chi connectivity index (χ3v) is 2.63. The van der Waals surface area contributed by atoms with Crippen LogP contribution in [0.15, 0.2) is 54.6 Å². The first-order valence-electron chi connectivity index (χ1n) is 6.61. The number of benzene rings is 2. The molecule has 0 fully saturated rings. The predicted molar refractivity (Wildman–Crippen MR) is 80.1 cm³/mol. The summed E-state index contributed by atoms with van der Waals surface area (Å²) < 4.78 is 5.71. The van der Waals surface area contributed by atoms with Gasteiger partial charge in [-0.2, -0.15) is 0 Å². The van der Waals surface area contributed by atoms with Crippen LogP contribution in [-0.2, 0) is 4.79 Å². The monoisotopic (exact) mass is 270 g/mol. The minimum Gasteiger partial charge on any atom is -0.457 e. The van der Waals surface area contributed by atoms with E-state index < -0.39 is 0 Å².